The molecule has 0 amide bonds. The first-order valence-electron chi connectivity index (χ1n) is 8.68. The average Bonchev–Trinajstić information content (AvgIpc) is 2.55. The summed E-state index contributed by atoms with van der Waals surface area (Å²) >= 11 is 0. The molecule has 1 heterocycles. The lowest BCUT2D eigenvalue weighted by Gasteiger charge is -2.21. The fraction of sp³-hybridized carbons (Fsp3) is 0.526. The molecule has 0 bridgehead atoms. The minimum absolute atomic E-state index is 0. The minimum atomic E-state index is -0.231. The van der Waals surface area contributed by atoms with E-state index in [0.717, 1.165) is 19.3 Å². The summed E-state index contributed by atoms with van der Waals surface area (Å²) in [7, 11) is 1.54. The highest BCUT2D eigenvalue weighted by Gasteiger charge is 2.22. The van der Waals surface area contributed by atoms with Crippen molar-refractivity contribution in [1.82, 2.24) is 4.98 Å². The van der Waals surface area contributed by atoms with Crippen molar-refractivity contribution in [3.8, 4) is 11.5 Å². The van der Waals surface area contributed by atoms with Crippen molar-refractivity contribution in [3.05, 3.63) is 24.0 Å². The lowest BCUT2D eigenvalue weighted by molar-refractivity contribution is -0.143. The van der Waals surface area contributed by atoms with Gasteiger partial charge in [0.25, 0.3) is 0 Å². The van der Waals surface area contributed by atoms with Crippen molar-refractivity contribution < 1.29 is 23.8 Å². The van der Waals surface area contributed by atoms with Gasteiger partial charge in [-0.2, -0.15) is 0 Å². The summed E-state index contributed by atoms with van der Waals surface area (Å²) < 4.78 is 15.8. The van der Waals surface area contributed by atoms with Gasteiger partial charge in [0, 0.05) is 18.4 Å². The summed E-state index contributed by atoms with van der Waals surface area (Å²) in [5.74, 6) is 1.15. The molecule has 0 saturated heterocycles. The quantitative estimate of drug-likeness (QED) is 0.349. The van der Waals surface area contributed by atoms with Gasteiger partial charge in [-0.3, -0.25) is 14.6 Å². The number of allylic oxidation sites excluding steroid dienone is 1. The molecular weight excluding hydrogens is 358 g/mol. The van der Waals surface area contributed by atoms with E-state index in [1.165, 1.54) is 7.11 Å². The fourth-order valence-corrected chi connectivity index (χ4v) is 2.42. The van der Waals surface area contributed by atoms with Crippen molar-refractivity contribution in [1.29, 1.82) is 0 Å². The Balaban J connectivity index is 0.00000338. The van der Waals surface area contributed by atoms with E-state index < -0.39 is 0 Å². The van der Waals surface area contributed by atoms with Crippen molar-refractivity contribution in [2.75, 3.05) is 20.3 Å². The first kappa shape index (κ1) is 22.0. The van der Waals surface area contributed by atoms with Crippen LogP contribution < -0.4 is 9.47 Å². The smallest absolute Gasteiger partial charge is 0.305 e. The number of ketones is 1. The minimum Gasteiger partial charge on any atom is -0.491 e. The maximum Gasteiger partial charge on any atom is 0.305 e. The summed E-state index contributed by atoms with van der Waals surface area (Å²) in [5.41, 5.74) is 0.633. The monoisotopic (exact) mass is 383 g/mol. The molecule has 0 radical (unpaired) electrons. The van der Waals surface area contributed by atoms with Gasteiger partial charge >= 0.3 is 5.97 Å². The Hall–Kier alpha value is -2.08. The van der Waals surface area contributed by atoms with Crippen LogP contribution in [-0.2, 0) is 14.3 Å². The first-order valence-corrected chi connectivity index (χ1v) is 8.68. The topological polar surface area (TPSA) is 74.7 Å². The van der Waals surface area contributed by atoms with E-state index in [1.54, 1.807) is 31.3 Å². The maximum absolute atomic E-state index is 11.9. The molecule has 26 heavy (non-hydrogen) atoms. The van der Waals surface area contributed by atoms with Gasteiger partial charge in [-0.25, -0.2) is 0 Å². The number of hydrogen-bond donors (Lipinski definition) is 0. The molecule has 1 fully saturated rings. The Bertz CT molecular complexity index is 628. The van der Waals surface area contributed by atoms with E-state index in [0.29, 0.717) is 43.2 Å². The second-order valence-electron chi connectivity index (χ2n) is 5.88. The predicted molar refractivity (Wildman–Crippen MR) is 101 cm³/mol. The standard InChI is InChI=1S/C19H25NO5.ClH/c1-3-24-19(22)8-5-11-25-17-12-15(20-13-18(17)23-2)9-10-16(21)14-6-4-7-14;/h9-10,12-14H,3-8,11H2,1-2H3;1H/b10-9+;. The fourth-order valence-electron chi connectivity index (χ4n) is 2.42. The molecule has 1 saturated carbocycles. The molecule has 1 aliphatic rings. The average molecular weight is 384 g/mol. The number of carbonyl (C=O) groups excluding carboxylic acids is 2. The number of halogens is 1. The maximum atomic E-state index is 11.9. The number of methoxy groups -OCH3 is 1. The third-order valence-corrected chi connectivity index (χ3v) is 4.09. The van der Waals surface area contributed by atoms with E-state index in [1.807, 2.05) is 0 Å². The molecule has 144 valence electrons. The van der Waals surface area contributed by atoms with Crippen LogP contribution in [0.3, 0.4) is 0 Å². The Morgan fingerprint density at radius 2 is 2.08 bits per heavy atom. The van der Waals surface area contributed by atoms with Gasteiger partial charge < -0.3 is 14.2 Å². The summed E-state index contributed by atoms with van der Waals surface area (Å²) in [4.78, 5) is 27.5. The summed E-state index contributed by atoms with van der Waals surface area (Å²) in [5, 5.41) is 0. The molecule has 0 unspecified atom stereocenters. The molecule has 6 nitrogen and oxygen atoms in total. The van der Waals surface area contributed by atoms with Crippen LogP contribution >= 0.6 is 12.4 Å². The van der Waals surface area contributed by atoms with Crippen LogP contribution in [-0.4, -0.2) is 37.1 Å². The van der Waals surface area contributed by atoms with Crippen molar-refractivity contribution >= 4 is 30.2 Å². The molecule has 0 N–H and O–H groups in total. The van der Waals surface area contributed by atoms with Gasteiger partial charge in [0.1, 0.15) is 0 Å². The third kappa shape index (κ3) is 6.67. The zero-order valence-corrected chi connectivity index (χ0v) is 16.0. The number of ether oxygens (including phenoxy) is 3. The lowest BCUT2D eigenvalue weighted by atomic mass is 9.82. The van der Waals surface area contributed by atoms with Crippen LogP contribution in [0, 0.1) is 5.92 Å². The van der Waals surface area contributed by atoms with Crippen LogP contribution in [0.2, 0.25) is 0 Å². The van der Waals surface area contributed by atoms with Crippen molar-refractivity contribution in [3.63, 3.8) is 0 Å². The van der Waals surface area contributed by atoms with Crippen LogP contribution in [0.15, 0.2) is 18.3 Å². The van der Waals surface area contributed by atoms with E-state index in [-0.39, 0.29) is 30.1 Å². The lowest BCUT2D eigenvalue weighted by Crippen LogP contribution is -2.19. The van der Waals surface area contributed by atoms with Crippen molar-refractivity contribution in [2.45, 2.75) is 39.0 Å². The summed E-state index contributed by atoms with van der Waals surface area (Å²) in [6.45, 7) is 2.53. The number of nitrogens with zero attached hydrogens (tertiary/aromatic N) is 1. The molecule has 0 atom stereocenters. The number of pyridine rings is 1. The second-order valence-corrected chi connectivity index (χ2v) is 5.88. The van der Waals surface area contributed by atoms with Crippen LogP contribution in [0.4, 0.5) is 0 Å². The number of rotatable bonds is 10. The van der Waals surface area contributed by atoms with E-state index in [4.69, 9.17) is 14.2 Å². The summed E-state index contributed by atoms with van der Waals surface area (Å²) in [6, 6.07) is 1.73. The van der Waals surface area contributed by atoms with Gasteiger partial charge in [-0.1, -0.05) is 6.42 Å². The largest absolute Gasteiger partial charge is 0.491 e. The highest BCUT2D eigenvalue weighted by Crippen LogP contribution is 2.29. The van der Waals surface area contributed by atoms with E-state index in [9.17, 15) is 9.59 Å². The van der Waals surface area contributed by atoms with Gasteiger partial charge in [0.2, 0.25) is 0 Å². The Kier molecular flexibility index (Phi) is 9.73. The Morgan fingerprint density at radius 1 is 1.31 bits per heavy atom. The second kappa shape index (κ2) is 11.5. The molecule has 2 rings (SSSR count). The zero-order valence-electron chi connectivity index (χ0n) is 15.2. The molecular formula is C19H26ClNO5. The first-order chi connectivity index (χ1) is 12.1. The SMILES string of the molecule is CCOC(=O)CCCOc1cc(/C=C/C(=O)C2CCC2)ncc1OC.Cl. The normalized spacial score (nSPS) is 13.6. The number of esters is 1. The number of hydrogen-bond acceptors (Lipinski definition) is 6. The van der Waals surface area contributed by atoms with Crippen LogP contribution in [0.1, 0.15) is 44.7 Å². The number of carbonyl (C=O) groups is 2. The molecule has 0 aliphatic heterocycles. The van der Waals surface area contributed by atoms with E-state index in [2.05, 4.69) is 4.98 Å². The Morgan fingerprint density at radius 3 is 2.69 bits per heavy atom. The molecule has 0 spiro atoms. The zero-order chi connectivity index (χ0) is 18.1. The van der Waals surface area contributed by atoms with E-state index >= 15 is 0 Å². The van der Waals surface area contributed by atoms with Gasteiger partial charge in [-0.05, 0) is 38.3 Å². The van der Waals surface area contributed by atoms with Gasteiger partial charge in [-0.15, -0.1) is 12.4 Å². The van der Waals surface area contributed by atoms with Crippen molar-refractivity contribution in [2.24, 2.45) is 5.92 Å². The van der Waals surface area contributed by atoms with Gasteiger partial charge in [0.15, 0.2) is 17.3 Å². The van der Waals surface area contributed by atoms with Crippen LogP contribution in [0.5, 0.6) is 11.5 Å². The molecule has 0 aromatic carbocycles. The molecule has 7 heteroatoms. The predicted octanol–water partition coefficient (Wildman–Crippen LogP) is 3.62. The molecule has 1 aromatic heterocycles. The van der Waals surface area contributed by atoms with Gasteiger partial charge in [0.05, 0.1) is 32.2 Å². The molecule has 1 aromatic rings. The highest BCUT2D eigenvalue weighted by atomic mass is 35.5. The van der Waals surface area contributed by atoms with Crippen LogP contribution in [0.25, 0.3) is 6.08 Å². The Labute approximate surface area is 160 Å². The number of aromatic nitrogens is 1. The highest BCUT2D eigenvalue weighted by molar-refractivity contribution is 5.95. The summed E-state index contributed by atoms with van der Waals surface area (Å²) in [6.07, 6.45) is 8.80. The third-order valence-electron chi connectivity index (χ3n) is 4.09. The molecule has 1 aliphatic carbocycles.